The van der Waals surface area contributed by atoms with Gasteiger partial charge in [0.15, 0.2) is 5.79 Å². The lowest BCUT2D eigenvalue weighted by atomic mass is 9.76. The molecule has 0 amide bonds. The zero-order chi connectivity index (χ0) is 49.3. The fourth-order valence-electron chi connectivity index (χ4n) is 8.68. The molecule has 3 N–H and O–H groups in total. The van der Waals surface area contributed by atoms with Crippen molar-refractivity contribution < 1.29 is 71.2 Å². The summed E-state index contributed by atoms with van der Waals surface area (Å²) in [5.41, 5.74) is -1.74. The predicted molar refractivity (Wildman–Crippen MR) is 238 cm³/mol. The van der Waals surface area contributed by atoms with E-state index in [-0.39, 0.29) is 66.6 Å². The Balaban J connectivity index is 1.67. The van der Waals surface area contributed by atoms with Crippen molar-refractivity contribution in [2.24, 2.45) is 45.7 Å². The highest BCUT2D eigenvalue weighted by Gasteiger charge is 2.65. The number of carbonyl (C=O) groups excluding carboxylic acids is 2. The summed E-state index contributed by atoms with van der Waals surface area (Å²) in [5.74, 6) is -5.17. The topological polar surface area (TPSA) is 184 Å². The molecule has 0 saturated carbocycles. The van der Waals surface area contributed by atoms with Gasteiger partial charge in [-0.25, -0.2) is 9.59 Å². The Bertz CT molecular complexity index is 2040. The van der Waals surface area contributed by atoms with Crippen molar-refractivity contribution in [3.05, 3.63) is 76.6 Å². The predicted octanol–water partition coefficient (Wildman–Crippen LogP) is 7.77. The second kappa shape index (κ2) is 23.0. The number of carbonyl (C=O) groups is 2. The second-order valence-corrected chi connectivity index (χ2v) is 18.1. The molecule has 0 spiro atoms. The average Bonchev–Trinajstić information content (AvgIpc) is 4.09. The number of aliphatic hydroxyl groups is 3. The van der Waals surface area contributed by atoms with Crippen LogP contribution in [0.5, 0.6) is 5.75 Å². The first kappa shape index (κ1) is 54.0. The van der Waals surface area contributed by atoms with Crippen LogP contribution in [0, 0.1) is 47.9 Å². The molecule has 0 aromatic heterocycles. The van der Waals surface area contributed by atoms with Crippen LogP contribution in [0.15, 0.2) is 75.7 Å². The summed E-state index contributed by atoms with van der Waals surface area (Å²) in [6.07, 6.45) is 3.41. The van der Waals surface area contributed by atoms with Gasteiger partial charge >= 0.3 is 23.8 Å². The number of ether oxygens (including phenoxy) is 7. The van der Waals surface area contributed by atoms with Crippen molar-refractivity contribution in [3.63, 3.8) is 0 Å². The molecule has 1 aromatic carbocycles. The molecule has 366 valence electrons. The number of esters is 2. The molecular weight excluding hydrogens is 866 g/mol. The summed E-state index contributed by atoms with van der Waals surface area (Å²) in [4.78, 5) is 27.9. The molecule has 0 unspecified atom stereocenters. The lowest BCUT2D eigenvalue weighted by Gasteiger charge is -2.50. The normalized spacial score (nSPS) is 32.7. The number of rotatable bonds is 15. The van der Waals surface area contributed by atoms with Crippen LogP contribution in [0.1, 0.15) is 91.1 Å². The van der Waals surface area contributed by atoms with E-state index in [4.69, 9.17) is 39.6 Å². The number of terminal acetylenes is 1. The van der Waals surface area contributed by atoms with Gasteiger partial charge in [0.05, 0.1) is 32.0 Å². The van der Waals surface area contributed by atoms with E-state index in [0.717, 1.165) is 23.8 Å². The van der Waals surface area contributed by atoms with Crippen LogP contribution < -0.4 is 4.74 Å². The summed E-state index contributed by atoms with van der Waals surface area (Å²) in [6.45, 7) is 16.0. The Hall–Kier alpha value is -4.57. The fourth-order valence-corrected chi connectivity index (χ4v) is 8.68. The maximum atomic E-state index is 14.1. The van der Waals surface area contributed by atoms with Gasteiger partial charge in [0.1, 0.15) is 42.8 Å². The third-order valence-electron chi connectivity index (χ3n) is 12.7. The maximum absolute atomic E-state index is 14.1. The smallest absolute Gasteiger partial charge is 0.442 e. The molecule has 3 aliphatic rings. The summed E-state index contributed by atoms with van der Waals surface area (Å²) in [5, 5.41) is 42.2. The lowest BCUT2D eigenvalue weighted by molar-refractivity contribution is -0.328. The molecule has 17 heteroatoms. The third-order valence-corrected chi connectivity index (χ3v) is 12.7. The van der Waals surface area contributed by atoms with Crippen molar-refractivity contribution in [1.82, 2.24) is 0 Å². The number of alkyl halides is 3. The minimum Gasteiger partial charge on any atom is -0.490 e. The molecule has 1 fully saturated rings. The largest absolute Gasteiger partial charge is 0.490 e. The van der Waals surface area contributed by atoms with E-state index in [2.05, 4.69) is 16.1 Å². The fraction of sp³-hybridized carbons (Fsp3) is 0.633. The zero-order valence-electron chi connectivity index (χ0n) is 39.7. The number of hydrogen-bond donors (Lipinski definition) is 3. The van der Waals surface area contributed by atoms with Gasteiger partial charge in [-0.1, -0.05) is 95.9 Å². The van der Waals surface area contributed by atoms with E-state index < -0.39 is 83.9 Å². The quantitative estimate of drug-likeness (QED) is 0.0884. The number of cyclic esters (lactones) is 1. The van der Waals surface area contributed by atoms with Gasteiger partial charge in [-0.3, -0.25) is 0 Å². The molecular formula is C49H67F3N2O12. The molecule has 3 heterocycles. The van der Waals surface area contributed by atoms with Crippen LogP contribution >= 0.6 is 0 Å². The molecule has 1 saturated heterocycles. The molecule has 0 radical (unpaired) electrons. The van der Waals surface area contributed by atoms with Gasteiger partial charge in [0.2, 0.25) is 5.76 Å². The van der Waals surface area contributed by atoms with Gasteiger partial charge in [-0.2, -0.15) is 13.2 Å². The Morgan fingerprint density at radius 1 is 1.08 bits per heavy atom. The minimum atomic E-state index is -4.84. The highest BCUT2D eigenvalue weighted by atomic mass is 19.4. The van der Waals surface area contributed by atoms with Crippen molar-refractivity contribution in [2.45, 2.75) is 129 Å². The van der Waals surface area contributed by atoms with Gasteiger partial charge in [-0.15, -0.1) is 16.7 Å². The van der Waals surface area contributed by atoms with Gasteiger partial charge in [0.25, 0.3) is 0 Å². The SMILES string of the molecule is C#CCOCCOc1cc(C2(C(F)(F)F)N=N2)ccc1C(=O)O[C@@H]1C[C@](O)([C@@H](C)[C@H](O)[C@H](C)[C@H]2OC(=O)/C(OC)=C/C(C)=C/[C@@H](C)[C@@H](O)[C@@H](C)C/C(C)=C/C=C/[C@@H]2OC)O[C@H](C(C)C)[C@H]1C. The Morgan fingerprint density at radius 2 is 1.76 bits per heavy atom. The molecule has 4 rings (SSSR count). The number of aliphatic hydroxyl groups excluding tert-OH is 2. The molecule has 12 atom stereocenters. The summed E-state index contributed by atoms with van der Waals surface area (Å²) in [6, 6.07) is 3.24. The maximum Gasteiger partial charge on any atom is 0.442 e. The van der Waals surface area contributed by atoms with E-state index in [1.165, 1.54) is 20.3 Å². The van der Waals surface area contributed by atoms with Crippen molar-refractivity contribution >= 4 is 11.9 Å². The zero-order valence-corrected chi connectivity index (χ0v) is 39.7. The first-order valence-electron chi connectivity index (χ1n) is 22.2. The standard InChI is InChI=1S/C49H67F3N2O12/c1-13-19-62-20-21-63-38-25-35(48(53-54-48)49(50,51)52)17-18-36(38)45(57)64-40-26-47(59,66-43(27(2)3)32(40)8)34(10)42(56)33(9)44-37(60-11)16-14-15-28(4)22-30(6)41(55)31(7)23-29(5)24-39(61-12)46(58)65-44/h1,14-18,23-25,27,30-34,37,40-44,55-56,59H,19-22,26H2,2-12H3/b16-14+,28-15+,29-23+,39-24-/t30-,31+,32-,33-,34-,37-,40+,41-,42+,43+,44+,47+/m0/s1. The van der Waals surface area contributed by atoms with Crippen LogP contribution in [-0.2, 0) is 38.9 Å². The van der Waals surface area contributed by atoms with Gasteiger partial charge in [0, 0.05) is 42.8 Å². The molecule has 14 nitrogen and oxygen atoms in total. The lowest BCUT2D eigenvalue weighted by Crippen LogP contribution is -2.59. The van der Waals surface area contributed by atoms with Crippen LogP contribution in [-0.4, -0.2) is 110 Å². The Labute approximate surface area is 386 Å². The van der Waals surface area contributed by atoms with Gasteiger partial charge in [-0.05, 0) is 50.3 Å². The Morgan fingerprint density at radius 3 is 2.35 bits per heavy atom. The molecule has 66 heavy (non-hydrogen) atoms. The average molecular weight is 933 g/mol. The highest BCUT2D eigenvalue weighted by Crippen LogP contribution is 2.53. The first-order chi connectivity index (χ1) is 30.9. The van der Waals surface area contributed by atoms with Crippen molar-refractivity contribution in [2.75, 3.05) is 34.0 Å². The third kappa shape index (κ3) is 12.9. The number of nitrogens with zero attached hydrogens (tertiary/aromatic N) is 2. The summed E-state index contributed by atoms with van der Waals surface area (Å²) < 4.78 is 82.9. The monoisotopic (exact) mass is 932 g/mol. The van der Waals surface area contributed by atoms with E-state index in [1.807, 2.05) is 46.8 Å². The summed E-state index contributed by atoms with van der Waals surface area (Å²) >= 11 is 0. The van der Waals surface area contributed by atoms with E-state index in [9.17, 15) is 38.1 Å². The number of halogens is 3. The van der Waals surface area contributed by atoms with Crippen LogP contribution in [0.25, 0.3) is 0 Å². The number of benzene rings is 1. The number of methoxy groups -OCH3 is 2. The van der Waals surface area contributed by atoms with Gasteiger partial charge < -0.3 is 48.5 Å². The molecule has 3 aliphatic heterocycles. The molecule has 0 bridgehead atoms. The van der Waals surface area contributed by atoms with Crippen molar-refractivity contribution in [3.8, 4) is 18.1 Å². The first-order valence-corrected chi connectivity index (χ1v) is 22.2. The molecule has 0 aliphatic carbocycles. The molecule has 1 aromatic rings. The van der Waals surface area contributed by atoms with E-state index in [1.54, 1.807) is 39.8 Å². The van der Waals surface area contributed by atoms with Crippen LogP contribution in [0.2, 0.25) is 0 Å². The number of allylic oxidation sites excluding steroid dienone is 5. The van der Waals surface area contributed by atoms with Crippen LogP contribution in [0.3, 0.4) is 0 Å². The minimum absolute atomic E-state index is 0.0370. The van der Waals surface area contributed by atoms with Crippen LogP contribution in [0.4, 0.5) is 13.2 Å². The highest BCUT2D eigenvalue weighted by molar-refractivity contribution is 5.93. The van der Waals surface area contributed by atoms with Crippen molar-refractivity contribution in [1.29, 1.82) is 0 Å². The van der Waals surface area contributed by atoms with E-state index in [0.29, 0.717) is 12.0 Å². The number of hydrogen-bond acceptors (Lipinski definition) is 14. The summed E-state index contributed by atoms with van der Waals surface area (Å²) in [7, 11) is 2.76. The second-order valence-electron chi connectivity index (χ2n) is 18.1. The van der Waals surface area contributed by atoms with E-state index >= 15 is 0 Å². The Kier molecular flexibility index (Phi) is 18.8.